The monoisotopic (exact) mass is 332 g/mol. The highest BCUT2D eigenvalue weighted by molar-refractivity contribution is 5.97. The van der Waals surface area contributed by atoms with Crippen LogP contribution in [0.25, 0.3) is 0 Å². The standard InChI is InChI=1S/C20H20N4O/c1-14-7-8-17-16(11-14)13-23-24(20-21-9-10-22-20)18(17)12-19(25)15-5-3-2-4-6-15/h2-8,11,13,18H,9-10,12H2,1H3,(H,21,22). The van der Waals surface area contributed by atoms with Gasteiger partial charge in [0.2, 0.25) is 5.96 Å². The van der Waals surface area contributed by atoms with Crippen molar-refractivity contribution in [2.45, 2.75) is 19.4 Å². The molecule has 0 aliphatic carbocycles. The molecule has 0 amide bonds. The second-order valence-corrected chi connectivity index (χ2v) is 6.36. The Morgan fingerprint density at radius 2 is 2.08 bits per heavy atom. The van der Waals surface area contributed by atoms with Crippen LogP contribution in [0.4, 0.5) is 0 Å². The van der Waals surface area contributed by atoms with E-state index < -0.39 is 0 Å². The van der Waals surface area contributed by atoms with Crippen molar-refractivity contribution in [1.82, 2.24) is 10.3 Å². The third-order valence-electron chi connectivity index (χ3n) is 4.57. The van der Waals surface area contributed by atoms with Gasteiger partial charge in [0.25, 0.3) is 0 Å². The number of hydrogen-bond acceptors (Lipinski definition) is 5. The van der Waals surface area contributed by atoms with Crippen LogP contribution in [-0.4, -0.2) is 36.1 Å². The molecule has 4 rings (SSSR count). The SMILES string of the molecule is Cc1ccc2c(c1)C=NN(C1=NCCN1)C2CC(=O)c1ccccc1. The quantitative estimate of drug-likeness (QED) is 0.879. The molecule has 0 aromatic heterocycles. The van der Waals surface area contributed by atoms with E-state index in [9.17, 15) is 4.79 Å². The molecule has 2 heterocycles. The number of aliphatic imine (C=N–C) groups is 1. The molecule has 0 saturated carbocycles. The van der Waals surface area contributed by atoms with Crippen molar-refractivity contribution in [3.05, 3.63) is 70.8 Å². The van der Waals surface area contributed by atoms with Crippen molar-refractivity contribution < 1.29 is 4.79 Å². The van der Waals surface area contributed by atoms with Gasteiger partial charge in [0, 0.05) is 24.1 Å². The average molecular weight is 332 g/mol. The van der Waals surface area contributed by atoms with Crippen LogP contribution in [0.5, 0.6) is 0 Å². The van der Waals surface area contributed by atoms with Crippen molar-refractivity contribution in [1.29, 1.82) is 0 Å². The summed E-state index contributed by atoms with van der Waals surface area (Å²) in [4.78, 5) is 17.3. The minimum Gasteiger partial charge on any atom is -0.353 e. The van der Waals surface area contributed by atoms with Crippen LogP contribution in [0, 0.1) is 6.92 Å². The molecule has 1 atom stereocenters. The summed E-state index contributed by atoms with van der Waals surface area (Å²) < 4.78 is 0. The number of guanidine groups is 1. The lowest BCUT2D eigenvalue weighted by Gasteiger charge is -2.32. The van der Waals surface area contributed by atoms with Gasteiger partial charge in [0.05, 0.1) is 18.8 Å². The minimum absolute atomic E-state index is 0.109. The molecule has 0 spiro atoms. The smallest absolute Gasteiger partial charge is 0.215 e. The van der Waals surface area contributed by atoms with E-state index in [4.69, 9.17) is 0 Å². The van der Waals surface area contributed by atoms with Crippen LogP contribution < -0.4 is 5.32 Å². The van der Waals surface area contributed by atoms with E-state index in [0.29, 0.717) is 6.42 Å². The average Bonchev–Trinajstić information content (AvgIpc) is 3.17. The third-order valence-corrected chi connectivity index (χ3v) is 4.57. The lowest BCUT2D eigenvalue weighted by Crippen LogP contribution is -2.40. The Labute approximate surface area is 147 Å². The van der Waals surface area contributed by atoms with Crippen LogP contribution in [0.15, 0.2) is 58.6 Å². The first-order chi connectivity index (χ1) is 12.2. The minimum atomic E-state index is -0.155. The van der Waals surface area contributed by atoms with Gasteiger partial charge in [-0.2, -0.15) is 5.10 Å². The van der Waals surface area contributed by atoms with Gasteiger partial charge in [-0.3, -0.25) is 4.79 Å². The van der Waals surface area contributed by atoms with Gasteiger partial charge in [-0.05, 0) is 12.5 Å². The predicted octanol–water partition coefficient (Wildman–Crippen LogP) is 2.92. The van der Waals surface area contributed by atoms with Crippen molar-refractivity contribution in [3.63, 3.8) is 0 Å². The number of aryl methyl sites for hydroxylation is 1. The molecule has 1 N–H and O–H groups in total. The van der Waals surface area contributed by atoms with E-state index in [1.54, 1.807) is 0 Å². The molecular formula is C20H20N4O. The fourth-order valence-corrected chi connectivity index (χ4v) is 3.30. The normalized spacial score (nSPS) is 18.5. The summed E-state index contributed by atoms with van der Waals surface area (Å²) >= 11 is 0. The van der Waals surface area contributed by atoms with Gasteiger partial charge in [-0.1, -0.05) is 54.1 Å². The molecule has 0 saturated heterocycles. The third kappa shape index (κ3) is 3.05. The molecule has 5 nitrogen and oxygen atoms in total. The van der Waals surface area contributed by atoms with Gasteiger partial charge in [-0.15, -0.1) is 0 Å². The Balaban J connectivity index is 1.69. The summed E-state index contributed by atoms with van der Waals surface area (Å²) in [6, 6.07) is 15.6. The highest BCUT2D eigenvalue weighted by atomic mass is 16.1. The molecule has 0 bridgehead atoms. The fraction of sp³-hybridized carbons (Fsp3) is 0.250. The molecule has 5 heteroatoms. The molecule has 2 aromatic carbocycles. The van der Waals surface area contributed by atoms with Crippen LogP contribution in [0.3, 0.4) is 0 Å². The van der Waals surface area contributed by atoms with E-state index >= 15 is 0 Å². The first-order valence-corrected chi connectivity index (χ1v) is 8.53. The Hall–Kier alpha value is -2.95. The van der Waals surface area contributed by atoms with E-state index in [1.165, 1.54) is 5.56 Å². The summed E-state index contributed by atoms with van der Waals surface area (Å²) in [6.07, 6.45) is 2.21. The second kappa shape index (κ2) is 6.51. The van der Waals surface area contributed by atoms with Crippen molar-refractivity contribution in [2.75, 3.05) is 13.1 Å². The molecule has 2 aliphatic rings. The van der Waals surface area contributed by atoms with Crippen molar-refractivity contribution in [3.8, 4) is 0 Å². The maximum Gasteiger partial charge on any atom is 0.215 e. The number of rotatable bonds is 3. The van der Waals surface area contributed by atoms with Crippen LogP contribution in [-0.2, 0) is 0 Å². The van der Waals surface area contributed by atoms with Crippen molar-refractivity contribution in [2.24, 2.45) is 10.1 Å². The molecule has 126 valence electrons. The van der Waals surface area contributed by atoms with E-state index in [-0.39, 0.29) is 11.8 Å². The van der Waals surface area contributed by atoms with Gasteiger partial charge in [0.15, 0.2) is 5.78 Å². The summed E-state index contributed by atoms with van der Waals surface area (Å²) in [5.41, 5.74) is 4.09. The molecule has 0 fully saturated rings. The molecule has 0 radical (unpaired) electrons. The number of hydrogen-bond donors (Lipinski definition) is 1. The van der Waals surface area contributed by atoms with Gasteiger partial charge in [0.1, 0.15) is 0 Å². The van der Waals surface area contributed by atoms with E-state index in [0.717, 1.165) is 35.7 Å². The van der Waals surface area contributed by atoms with E-state index in [1.807, 2.05) is 41.6 Å². The zero-order valence-corrected chi connectivity index (χ0v) is 14.1. The first kappa shape index (κ1) is 15.6. The van der Waals surface area contributed by atoms with Gasteiger partial charge >= 0.3 is 0 Å². The highest BCUT2D eigenvalue weighted by Gasteiger charge is 2.31. The number of benzene rings is 2. The Morgan fingerprint density at radius 3 is 2.84 bits per heavy atom. The zero-order chi connectivity index (χ0) is 17.2. The molecule has 1 unspecified atom stereocenters. The number of nitrogens with one attached hydrogen (secondary N) is 1. The van der Waals surface area contributed by atoms with E-state index in [2.05, 4.69) is 40.5 Å². The zero-order valence-electron chi connectivity index (χ0n) is 14.1. The lowest BCUT2D eigenvalue weighted by atomic mass is 9.92. The number of Topliss-reactive ketones (excluding diaryl/α,β-unsaturated/α-hetero) is 1. The predicted molar refractivity (Wildman–Crippen MR) is 99.0 cm³/mol. The maximum absolute atomic E-state index is 12.8. The first-order valence-electron chi connectivity index (χ1n) is 8.53. The number of ketones is 1. The molecular weight excluding hydrogens is 312 g/mol. The van der Waals surface area contributed by atoms with Gasteiger partial charge in [-0.25, -0.2) is 10.0 Å². The Morgan fingerprint density at radius 1 is 1.24 bits per heavy atom. The van der Waals surface area contributed by atoms with Crippen molar-refractivity contribution >= 4 is 18.0 Å². The highest BCUT2D eigenvalue weighted by Crippen LogP contribution is 2.32. The molecule has 2 aromatic rings. The number of fused-ring (bicyclic) bond motifs is 1. The topological polar surface area (TPSA) is 57.1 Å². The largest absolute Gasteiger partial charge is 0.353 e. The fourth-order valence-electron chi connectivity index (χ4n) is 3.30. The Bertz CT molecular complexity index is 857. The summed E-state index contributed by atoms with van der Waals surface area (Å²) in [7, 11) is 0. The number of carbonyl (C=O) groups is 1. The number of hydrazone groups is 1. The summed E-state index contributed by atoms with van der Waals surface area (Å²) in [5, 5.41) is 9.70. The summed E-state index contributed by atoms with van der Waals surface area (Å²) in [6.45, 7) is 3.61. The maximum atomic E-state index is 12.8. The number of nitrogens with zero attached hydrogens (tertiary/aromatic N) is 3. The second-order valence-electron chi connectivity index (χ2n) is 6.36. The molecule has 25 heavy (non-hydrogen) atoms. The Kier molecular flexibility index (Phi) is 4.06. The van der Waals surface area contributed by atoms with Gasteiger partial charge < -0.3 is 5.32 Å². The van der Waals surface area contributed by atoms with Crippen LogP contribution in [0.1, 0.15) is 39.5 Å². The lowest BCUT2D eigenvalue weighted by molar-refractivity contribution is 0.0948. The van der Waals surface area contributed by atoms with Crippen LogP contribution in [0.2, 0.25) is 0 Å². The summed E-state index contributed by atoms with van der Waals surface area (Å²) in [5.74, 6) is 0.853. The number of carbonyl (C=O) groups excluding carboxylic acids is 1. The molecule has 2 aliphatic heterocycles. The van der Waals surface area contributed by atoms with Crippen LogP contribution >= 0.6 is 0 Å².